The topological polar surface area (TPSA) is 51.5 Å². The number of allylic oxidation sites excluding steroid dienone is 1. The number of hydrogen-bond donors (Lipinski definition) is 1. The van der Waals surface area contributed by atoms with Crippen molar-refractivity contribution in [3.05, 3.63) is 84.1 Å². The van der Waals surface area contributed by atoms with Crippen LogP contribution in [0.3, 0.4) is 0 Å². The van der Waals surface area contributed by atoms with E-state index in [0.29, 0.717) is 6.42 Å². The Hall–Kier alpha value is -3.29. The molecule has 1 aromatic heterocycles. The molecule has 0 unspecified atom stereocenters. The van der Waals surface area contributed by atoms with Gasteiger partial charge in [0.25, 0.3) is 0 Å². The SMILES string of the molecule is CC(C)(C)OC(=O)n1cc(C#C/C=C\C[C@@](C)(O)c2ccccc2)c2ccccc21. The number of aliphatic hydroxyl groups is 1. The first-order valence-corrected chi connectivity index (χ1v) is 9.95. The molecular weight excluding hydrogens is 374 g/mol. The highest BCUT2D eigenvalue weighted by Crippen LogP contribution is 2.25. The van der Waals surface area contributed by atoms with Crippen LogP contribution in [-0.4, -0.2) is 21.4 Å². The Bertz CT molecular complexity index is 1120. The molecule has 1 heterocycles. The Morgan fingerprint density at radius 1 is 1.07 bits per heavy atom. The van der Waals surface area contributed by atoms with Crippen molar-refractivity contribution in [3.8, 4) is 11.8 Å². The summed E-state index contributed by atoms with van der Waals surface area (Å²) in [5, 5.41) is 11.5. The molecule has 3 rings (SSSR count). The van der Waals surface area contributed by atoms with Crippen LogP contribution in [0.1, 0.15) is 45.2 Å². The van der Waals surface area contributed by atoms with Gasteiger partial charge in [-0.3, -0.25) is 4.57 Å². The average molecular weight is 402 g/mol. The molecular formula is C26H27NO3. The molecule has 154 valence electrons. The van der Waals surface area contributed by atoms with E-state index in [1.54, 1.807) is 19.2 Å². The van der Waals surface area contributed by atoms with Crippen LogP contribution >= 0.6 is 0 Å². The predicted octanol–water partition coefficient (Wildman–Crippen LogP) is 5.63. The van der Waals surface area contributed by atoms with Crippen LogP contribution in [-0.2, 0) is 10.3 Å². The molecule has 1 atom stereocenters. The number of para-hydroxylation sites is 1. The first-order valence-electron chi connectivity index (χ1n) is 9.95. The molecule has 0 fully saturated rings. The lowest BCUT2D eigenvalue weighted by molar-refractivity contribution is 0.0543. The van der Waals surface area contributed by atoms with E-state index >= 15 is 0 Å². The normalized spacial score (nSPS) is 13.6. The maximum Gasteiger partial charge on any atom is 0.419 e. The molecule has 0 bridgehead atoms. The number of hydrogen-bond acceptors (Lipinski definition) is 3. The molecule has 4 nitrogen and oxygen atoms in total. The second-order valence-corrected chi connectivity index (χ2v) is 8.43. The number of benzene rings is 2. The number of rotatable bonds is 3. The van der Waals surface area contributed by atoms with E-state index in [1.807, 2.05) is 81.4 Å². The molecule has 0 aliphatic rings. The Morgan fingerprint density at radius 2 is 1.73 bits per heavy atom. The van der Waals surface area contributed by atoms with Gasteiger partial charge in [0.05, 0.1) is 16.7 Å². The molecule has 0 saturated carbocycles. The minimum Gasteiger partial charge on any atom is -0.443 e. The van der Waals surface area contributed by atoms with Gasteiger partial charge in [0.1, 0.15) is 5.60 Å². The van der Waals surface area contributed by atoms with Crippen LogP contribution < -0.4 is 0 Å². The molecule has 0 amide bonds. The van der Waals surface area contributed by atoms with Gasteiger partial charge in [-0.25, -0.2) is 4.79 Å². The fraction of sp³-hybridized carbons (Fsp3) is 0.269. The summed E-state index contributed by atoms with van der Waals surface area (Å²) < 4.78 is 7.00. The van der Waals surface area contributed by atoms with Crippen molar-refractivity contribution >= 4 is 17.0 Å². The summed E-state index contributed by atoms with van der Waals surface area (Å²) in [5.74, 6) is 6.12. The summed E-state index contributed by atoms with van der Waals surface area (Å²) in [7, 11) is 0. The maximum atomic E-state index is 12.6. The number of fused-ring (bicyclic) bond motifs is 1. The lowest BCUT2D eigenvalue weighted by Crippen LogP contribution is -2.26. The third-order valence-electron chi connectivity index (χ3n) is 4.62. The minimum atomic E-state index is -0.952. The van der Waals surface area contributed by atoms with Gasteiger partial charge >= 0.3 is 6.09 Å². The van der Waals surface area contributed by atoms with Crippen LogP contribution in [0.5, 0.6) is 0 Å². The van der Waals surface area contributed by atoms with Gasteiger partial charge in [-0.15, -0.1) is 0 Å². The van der Waals surface area contributed by atoms with Crippen LogP contribution in [0.2, 0.25) is 0 Å². The third-order valence-corrected chi connectivity index (χ3v) is 4.62. The number of ether oxygens (including phenoxy) is 1. The van der Waals surface area contributed by atoms with Gasteiger partial charge in [-0.2, -0.15) is 0 Å². The fourth-order valence-electron chi connectivity index (χ4n) is 3.12. The molecule has 3 aromatic rings. The maximum absolute atomic E-state index is 12.6. The van der Waals surface area contributed by atoms with Crippen molar-refractivity contribution < 1.29 is 14.6 Å². The lowest BCUT2D eigenvalue weighted by Gasteiger charge is -2.21. The Kier molecular flexibility index (Phi) is 6.14. The molecule has 0 aliphatic carbocycles. The number of aromatic nitrogens is 1. The Balaban J connectivity index is 1.80. The standard InChI is InChI=1S/C26H27NO3/c1-25(2,3)30-24(28)27-19-20(22-16-10-11-17-23(22)27)13-7-6-12-18-26(4,29)21-14-8-5-9-15-21/h5-6,8-12,14-17,19,29H,18H2,1-4H3/b12-6-/t26-/m1/s1. The highest BCUT2D eigenvalue weighted by atomic mass is 16.6. The van der Waals surface area contributed by atoms with Crippen molar-refractivity contribution in [3.63, 3.8) is 0 Å². The minimum absolute atomic E-state index is 0.429. The number of carbonyl (C=O) groups is 1. The Labute approximate surface area is 177 Å². The van der Waals surface area contributed by atoms with Gasteiger partial charge in [0.15, 0.2) is 0 Å². The zero-order chi connectivity index (χ0) is 21.8. The average Bonchev–Trinajstić information content (AvgIpc) is 3.06. The molecule has 0 saturated heterocycles. The van der Waals surface area contributed by atoms with Gasteiger partial charge < -0.3 is 9.84 Å². The first-order chi connectivity index (χ1) is 14.2. The third kappa shape index (κ3) is 5.20. The molecule has 4 heteroatoms. The van der Waals surface area contributed by atoms with Crippen molar-refractivity contribution in [1.29, 1.82) is 0 Å². The second-order valence-electron chi connectivity index (χ2n) is 8.43. The van der Waals surface area contributed by atoms with E-state index < -0.39 is 17.3 Å². The van der Waals surface area contributed by atoms with Crippen molar-refractivity contribution in [2.24, 2.45) is 0 Å². The molecule has 2 aromatic carbocycles. The van der Waals surface area contributed by atoms with E-state index in [9.17, 15) is 9.90 Å². The monoisotopic (exact) mass is 401 g/mol. The van der Waals surface area contributed by atoms with Gasteiger partial charge in [-0.1, -0.05) is 66.4 Å². The second kappa shape index (κ2) is 8.61. The van der Waals surface area contributed by atoms with Crippen LogP contribution in [0.25, 0.3) is 10.9 Å². The fourth-order valence-corrected chi connectivity index (χ4v) is 3.12. The van der Waals surface area contributed by atoms with E-state index in [0.717, 1.165) is 22.0 Å². The molecule has 30 heavy (non-hydrogen) atoms. The summed E-state index contributed by atoms with van der Waals surface area (Å²) in [5.41, 5.74) is 0.838. The van der Waals surface area contributed by atoms with E-state index in [2.05, 4.69) is 11.8 Å². The van der Waals surface area contributed by atoms with Crippen LogP contribution in [0.4, 0.5) is 4.79 Å². The van der Waals surface area contributed by atoms with Crippen LogP contribution in [0, 0.1) is 11.8 Å². The van der Waals surface area contributed by atoms with Gasteiger partial charge in [0.2, 0.25) is 0 Å². The first kappa shape index (κ1) is 21.4. The van der Waals surface area contributed by atoms with Crippen LogP contribution in [0.15, 0.2) is 72.9 Å². The van der Waals surface area contributed by atoms with Crippen molar-refractivity contribution in [1.82, 2.24) is 4.57 Å². The zero-order valence-electron chi connectivity index (χ0n) is 17.8. The molecule has 1 N–H and O–H groups in total. The van der Waals surface area contributed by atoms with E-state index in [4.69, 9.17) is 4.74 Å². The van der Waals surface area contributed by atoms with E-state index in [1.165, 1.54) is 4.57 Å². The summed E-state index contributed by atoms with van der Waals surface area (Å²) in [6.45, 7) is 7.31. The zero-order valence-corrected chi connectivity index (χ0v) is 17.8. The summed E-state index contributed by atoms with van der Waals surface area (Å²) in [6.07, 6.45) is 5.32. The smallest absolute Gasteiger partial charge is 0.419 e. The lowest BCUT2D eigenvalue weighted by atomic mass is 9.92. The number of carbonyl (C=O) groups excluding carboxylic acids is 1. The molecule has 0 radical (unpaired) electrons. The molecule has 0 aliphatic heterocycles. The summed E-state index contributed by atoms with van der Waals surface area (Å²) in [6, 6.07) is 17.2. The van der Waals surface area contributed by atoms with Crippen molar-refractivity contribution in [2.45, 2.75) is 45.3 Å². The Morgan fingerprint density at radius 3 is 2.43 bits per heavy atom. The largest absolute Gasteiger partial charge is 0.443 e. The highest BCUT2D eigenvalue weighted by molar-refractivity contribution is 5.93. The van der Waals surface area contributed by atoms with E-state index in [-0.39, 0.29) is 0 Å². The van der Waals surface area contributed by atoms with Gasteiger partial charge in [-0.05, 0) is 51.8 Å². The highest BCUT2D eigenvalue weighted by Gasteiger charge is 2.21. The number of nitrogens with zero attached hydrogens (tertiary/aromatic N) is 1. The molecule has 0 spiro atoms. The summed E-state index contributed by atoms with van der Waals surface area (Å²) >= 11 is 0. The summed E-state index contributed by atoms with van der Waals surface area (Å²) in [4.78, 5) is 12.6. The predicted molar refractivity (Wildman–Crippen MR) is 120 cm³/mol. The van der Waals surface area contributed by atoms with Gasteiger partial charge in [0, 0.05) is 11.6 Å². The quantitative estimate of drug-likeness (QED) is 0.579. The van der Waals surface area contributed by atoms with Crippen molar-refractivity contribution in [2.75, 3.05) is 0 Å².